The maximum atomic E-state index is 5.45. The molecule has 0 bridgehead atoms. The van der Waals surface area contributed by atoms with Crippen molar-refractivity contribution in [1.29, 1.82) is 0 Å². The fourth-order valence-corrected chi connectivity index (χ4v) is 3.07. The predicted octanol–water partition coefficient (Wildman–Crippen LogP) is 3.54. The molecule has 2 rings (SSSR count). The third-order valence-corrected chi connectivity index (χ3v) is 4.52. The molecule has 1 saturated heterocycles. The molecular formula is C17H28N2O. The van der Waals surface area contributed by atoms with Crippen molar-refractivity contribution in [2.45, 2.75) is 39.7 Å². The number of benzene rings is 1. The lowest BCUT2D eigenvalue weighted by Gasteiger charge is -2.35. The van der Waals surface area contributed by atoms with Gasteiger partial charge < -0.3 is 15.0 Å². The Morgan fingerprint density at radius 3 is 2.65 bits per heavy atom. The minimum absolute atomic E-state index is 0.490. The van der Waals surface area contributed by atoms with Gasteiger partial charge in [0.1, 0.15) is 5.75 Å². The van der Waals surface area contributed by atoms with Crippen molar-refractivity contribution in [2.24, 2.45) is 5.92 Å². The van der Waals surface area contributed by atoms with Crippen LogP contribution in [0.2, 0.25) is 0 Å². The number of piperidine rings is 1. The summed E-state index contributed by atoms with van der Waals surface area (Å²) in [5, 5.41) is 3.66. The van der Waals surface area contributed by atoms with Crippen molar-refractivity contribution >= 4 is 5.69 Å². The molecule has 1 aliphatic heterocycles. The molecule has 1 unspecified atom stereocenters. The van der Waals surface area contributed by atoms with Crippen LogP contribution in [0.25, 0.3) is 0 Å². The van der Waals surface area contributed by atoms with Crippen molar-refractivity contribution < 1.29 is 4.74 Å². The largest absolute Gasteiger partial charge is 0.495 e. The van der Waals surface area contributed by atoms with E-state index in [1.54, 1.807) is 7.11 Å². The minimum Gasteiger partial charge on any atom is -0.495 e. The Morgan fingerprint density at radius 1 is 1.35 bits per heavy atom. The quantitative estimate of drug-likeness (QED) is 0.890. The van der Waals surface area contributed by atoms with Crippen molar-refractivity contribution in [3.63, 3.8) is 0 Å². The van der Waals surface area contributed by atoms with Crippen molar-refractivity contribution in [2.75, 3.05) is 32.1 Å². The maximum absolute atomic E-state index is 5.45. The van der Waals surface area contributed by atoms with E-state index in [4.69, 9.17) is 4.74 Å². The van der Waals surface area contributed by atoms with Gasteiger partial charge in [0.25, 0.3) is 0 Å². The van der Waals surface area contributed by atoms with Crippen LogP contribution in [0.1, 0.15) is 32.3 Å². The number of likely N-dealkylation sites (tertiary alicyclic amines) is 1. The summed E-state index contributed by atoms with van der Waals surface area (Å²) in [5.41, 5.74) is 2.39. The zero-order chi connectivity index (χ0) is 14.5. The zero-order valence-corrected chi connectivity index (χ0v) is 13.3. The maximum Gasteiger partial charge on any atom is 0.141 e. The summed E-state index contributed by atoms with van der Waals surface area (Å²) >= 11 is 0. The van der Waals surface area contributed by atoms with E-state index in [0.29, 0.717) is 6.04 Å². The molecule has 3 heteroatoms. The highest BCUT2D eigenvalue weighted by molar-refractivity contribution is 5.58. The van der Waals surface area contributed by atoms with Crippen LogP contribution in [-0.4, -0.2) is 37.7 Å². The highest BCUT2D eigenvalue weighted by Gasteiger charge is 2.23. The molecule has 1 aliphatic rings. The van der Waals surface area contributed by atoms with Crippen LogP contribution >= 0.6 is 0 Å². The first-order chi connectivity index (χ1) is 9.63. The van der Waals surface area contributed by atoms with E-state index in [0.717, 1.165) is 17.4 Å². The number of hydrogen-bond donors (Lipinski definition) is 1. The monoisotopic (exact) mass is 276 g/mol. The highest BCUT2D eigenvalue weighted by atomic mass is 16.5. The van der Waals surface area contributed by atoms with Gasteiger partial charge in [0.05, 0.1) is 12.8 Å². The second-order valence-corrected chi connectivity index (χ2v) is 5.91. The molecule has 112 valence electrons. The van der Waals surface area contributed by atoms with Gasteiger partial charge in [0.15, 0.2) is 0 Å². The number of anilines is 1. The number of methoxy groups -OCH3 is 1. The number of rotatable bonds is 5. The standard InChI is InChI=1S/C17H28N2O/c1-5-19-10-8-15(9-11-19)14(3)18-16-12-13(2)6-7-17(16)20-4/h6-7,12,14-15,18H,5,8-11H2,1-4H3. The van der Waals surface area contributed by atoms with E-state index in [1.807, 2.05) is 6.07 Å². The van der Waals surface area contributed by atoms with Crippen LogP contribution in [-0.2, 0) is 0 Å². The topological polar surface area (TPSA) is 24.5 Å². The molecule has 0 amide bonds. The van der Waals surface area contributed by atoms with Crippen molar-refractivity contribution in [3.05, 3.63) is 23.8 Å². The Hall–Kier alpha value is -1.22. The van der Waals surface area contributed by atoms with Gasteiger partial charge in [-0.05, 0) is 69.9 Å². The first-order valence-corrected chi connectivity index (χ1v) is 7.77. The smallest absolute Gasteiger partial charge is 0.141 e. The minimum atomic E-state index is 0.490. The van der Waals surface area contributed by atoms with Gasteiger partial charge >= 0.3 is 0 Å². The summed E-state index contributed by atoms with van der Waals surface area (Å²) in [4.78, 5) is 2.54. The average molecular weight is 276 g/mol. The van der Waals surface area contributed by atoms with Crippen molar-refractivity contribution in [3.8, 4) is 5.75 Å². The molecule has 0 spiro atoms. The van der Waals surface area contributed by atoms with Gasteiger partial charge in [-0.25, -0.2) is 0 Å². The Kier molecular flexibility index (Phi) is 5.30. The molecule has 3 nitrogen and oxygen atoms in total. The Balaban J connectivity index is 1.97. The molecule has 0 radical (unpaired) electrons. The highest BCUT2D eigenvalue weighted by Crippen LogP contribution is 2.29. The van der Waals surface area contributed by atoms with Gasteiger partial charge in [-0.1, -0.05) is 13.0 Å². The molecule has 1 fully saturated rings. The average Bonchev–Trinajstić information content (AvgIpc) is 2.47. The predicted molar refractivity (Wildman–Crippen MR) is 85.7 cm³/mol. The molecule has 1 aromatic carbocycles. The van der Waals surface area contributed by atoms with E-state index in [-0.39, 0.29) is 0 Å². The number of aryl methyl sites for hydroxylation is 1. The van der Waals surface area contributed by atoms with E-state index in [9.17, 15) is 0 Å². The summed E-state index contributed by atoms with van der Waals surface area (Å²) in [7, 11) is 1.74. The van der Waals surface area contributed by atoms with Crippen LogP contribution in [0.4, 0.5) is 5.69 Å². The normalized spacial score (nSPS) is 18.8. The molecule has 0 aromatic heterocycles. The summed E-state index contributed by atoms with van der Waals surface area (Å²) in [6.45, 7) is 10.3. The van der Waals surface area contributed by atoms with Crippen LogP contribution in [0.15, 0.2) is 18.2 Å². The SMILES string of the molecule is CCN1CCC(C(C)Nc2cc(C)ccc2OC)CC1. The zero-order valence-electron chi connectivity index (χ0n) is 13.3. The molecule has 1 aromatic rings. The van der Waals surface area contributed by atoms with E-state index in [1.165, 1.54) is 38.0 Å². The Morgan fingerprint density at radius 2 is 2.05 bits per heavy atom. The van der Waals surface area contributed by atoms with Crippen LogP contribution in [0.3, 0.4) is 0 Å². The Bertz CT molecular complexity index is 425. The molecular weight excluding hydrogens is 248 g/mol. The second-order valence-electron chi connectivity index (χ2n) is 5.91. The third-order valence-electron chi connectivity index (χ3n) is 4.52. The molecule has 20 heavy (non-hydrogen) atoms. The molecule has 0 saturated carbocycles. The molecule has 0 aliphatic carbocycles. The van der Waals surface area contributed by atoms with Crippen molar-refractivity contribution in [1.82, 2.24) is 4.90 Å². The summed E-state index contributed by atoms with van der Waals surface area (Å²) in [6.07, 6.45) is 2.58. The van der Waals surface area contributed by atoms with Crippen LogP contribution in [0.5, 0.6) is 5.75 Å². The first kappa shape index (κ1) is 15.2. The van der Waals surface area contributed by atoms with Gasteiger partial charge in [-0.15, -0.1) is 0 Å². The van der Waals surface area contributed by atoms with Gasteiger partial charge in [-0.3, -0.25) is 0 Å². The summed E-state index contributed by atoms with van der Waals surface area (Å²) in [6, 6.07) is 6.80. The first-order valence-electron chi connectivity index (χ1n) is 7.77. The molecule has 1 atom stereocenters. The molecule has 1 N–H and O–H groups in total. The van der Waals surface area contributed by atoms with E-state index < -0.39 is 0 Å². The number of nitrogens with one attached hydrogen (secondary N) is 1. The van der Waals surface area contributed by atoms with Crippen LogP contribution < -0.4 is 10.1 Å². The summed E-state index contributed by atoms with van der Waals surface area (Å²) < 4.78 is 5.45. The van der Waals surface area contributed by atoms with Gasteiger partial charge in [-0.2, -0.15) is 0 Å². The number of nitrogens with zero attached hydrogens (tertiary/aromatic N) is 1. The fourth-order valence-electron chi connectivity index (χ4n) is 3.07. The third kappa shape index (κ3) is 3.66. The lowest BCUT2D eigenvalue weighted by Crippen LogP contribution is -2.39. The van der Waals surface area contributed by atoms with Crippen LogP contribution in [0, 0.1) is 12.8 Å². The summed E-state index contributed by atoms with van der Waals surface area (Å²) in [5.74, 6) is 1.69. The lowest BCUT2D eigenvalue weighted by molar-refractivity contribution is 0.183. The molecule has 1 heterocycles. The van der Waals surface area contributed by atoms with Gasteiger partial charge in [0, 0.05) is 6.04 Å². The van der Waals surface area contributed by atoms with E-state index in [2.05, 4.69) is 43.1 Å². The number of ether oxygens (including phenoxy) is 1. The number of hydrogen-bond acceptors (Lipinski definition) is 3. The van der Waals surface area contributed by atoms with E-state index >= 15 is 0 Å². The van der Waals surface area contributed by atoms with Gasteiger partial charge in [0.2, 0.25) is 0 Å². The fraction of sp³-hybridized carbons (Fsp3) is 0.647. The lowest BCUT2D eigenvalue weighted by atomic mass is 9.90. The Labute approximate surface area is 123 Å². The second kappa shape index (κ2) is 6.98.